The number of benzene rings is 2. The Labute approximate surface area is 182 Å². The summed E-state index contributed by atoms with van der Waals surface area (Å²) in [7, 11) is -2.32. The molecule has 0 saturated carbocycles. The number of carbonyl (C=O) groups excluding carboxylic acids is 2. The molecule has 2 aliphatic rings. The van der Waals surface area contributed by atoms with Gasteiger partial charge in [-0.25, -0.2) is 12.7 Å². The number of rotatable bonds is 4. The number of amides is 2. The fraction of sp³-hybridized carbons (Fsp3) is 0.391. The van der Waals surface area contributed by atoms with E-state index < -0.39 is 15.9 Å². The molecule has 0 fully saturated rings. The van der Waals surface area contributed by atoms with Gasteiger partial charge in [-0.05, 0) is 67.1 Å². The van der Waals surface area contributed by atoms with Gasteiger partial charge in [0.25, 0.3) is 21.8 Å². The minimum atomic E-state index is -3.93. The Hall–Kier alpha value is -2.87. The largest absolute Gasteiger partial charge is 0.497 e. The fourth-order valence-electron chi connectivity index (χ4n) is 4.31. The first-order chi connectivity index (χ1) is 14.7. The zero-order valence-corrected chi connectivity index (χ0v) is 18.9. The summed E-state index contributed by atoms with van der Waals surface area (Å²) in [6, 6.07) is 9.96. The zero-order chi connectivity index (χ0) is 22.5. The molecular formula is C23H26N2O5S. The van der Waals surface area contributed by atoms with Crippen molar-refractivity contribution in [1.82, 2.24) is 4.31 Å². The third kappa shape index (κ3) is 3.39. The second-order valence-corrected chi connectivity index (χ2v) is 10.1. The molecule has 2 heterocycles. The summed E-state index contributed by atoms with van der Waals surface area (Å²) >= 11 is 0. The van der Waals surface area contributed by atoms with Gasteiger partial charge in [-0.2, -0.15) is 0 Å². The Morgan fingerprint density at radius 1 is 1.19 bits per heavy atom. The van der Waals surface area contributed by atoms with Crippen LogP contribution >= 0.6 is 0 Å². The minimum Gasteiger partial charge on any atom is -0.497 e. The lowest BCUT2D eigenvalue weighted by Gasteiger charge is -2.36. The number of nitrogens with zero attached hydrogens (tertiary/aromatic N) is 2. The predicted molar refractivity (Wildman–Crippen MR) is 117 cm³/mol. The summed E-state index contributed by atoms with van der Waals surface area (Å²) < 4.78 is 31.7. The lowest BCUT2D eigenvalue weighted by atomic mass is 9.84. The summed E-state index contributed by atoms with van der Waals surface area (Å²) in [5, 5.41) is 0. The van der Waals surface area contributed by atoms with E-state index in [2.05, 4.69) is 13.8 Å². The van der Waals surface area contributed by atoms with Crippen molar-refractivity contribution in [2.75, 3.05) is 25.1 Å². The summed E-state index contributed by atoms with van der Waals surface area (Å²) in [6.07, 6.45) is 0.840. The fourth-order valence-corrected chi connectivity index (χ4v) is 5.91. The third-order valence-electron chi connectivity index (χ3n) is 6.21. The van der Waals surface area contributed by atoms with Gasteiger partial charge < -0.3 is 9.64 Å². The van der Waals surface area contributed by atoms with Crippen LogP contribution in [0.1, 0.15) is 47.1 Å². The van der Waals surface area contributed by atoms with E-state index in [4.69, 9.17) is 4.74 Å². The van der Waals surface area contributed by atoms with Gasteiger partial charge >= 0.3 is 0 Å². The summed E-state index contributed by atoms with van der Waals surface area (Å²) in [5.41, 5.74) is 2.19. The van der Waals surface area contributed by atoms with Crippen LogP contribution in [0.25, 0.3) is 0 Å². The van der Waals surface area contributed by atoms with Gasteiger partial charge in [-0.15, -0.1) is 0 Å². The van der Waals surface area contributed by atoms with Gasteiger partial charge in [0.15, 0.2) is 0 Å². The number of fused-ring (bicyclic) bond motifs is 2. The van der Waals surface area contributed by atoms with Crippen LogP contribution in [0.15, 0.2) is 41.3 Å². The smallest absolute Gasteiger partial charge is 0.268 e. The van der Waals surface area contributed by atoms with Gasteiger partial charge in [0.2, 0.25) is 0 Å². The van der Waals surface area contributed by atoms with Crippen LogP contribution in [0, 0.1) is 11.8 Å². The summed E-state index contributed by atoms with van der Waals surface area (Å²) in [5.74, 6) is 0.533. The lowest BCUT2D eigenvalue weighted by molar-refractivity contribution is 0.0874. The molecule has 0 saturated heterocycles. The first-order valence-corrected chi connectivity index (χ1v) is 11.8. The first kappa shape index (κ1) is 21.4. The number of carbonyl (C=O) groups is 2. The maximum atomic E-state index is 13.5. The van der Waals surface area contributed by atoms with E-state index in [1.807, 2.05) is 18.2 Å². The molecule has 0 aliphatic carbocycles. The van der Waals surface area contributed by atoms with Crippen LogP contribution in [-0.4, -0.2) is 44.7 Å². The molecule has 1 unspecified atom stereocenters. The highest BCUT2D eigenvalue weighted by Gasteiger charge is 2.41. The maximum Gasteiger partial charge on any atom is 0.268 e. The van der Waals surface area contributed by atoms with Crippen molar-refractivity contribution < 1.29 is 22.7 Å². The minimum absolute atomic E-state index is 0.0521. The molecule has 164 valence electrons. The Morgan fingerprint density at radius 2 is 1.94 bits per heavy atom. The quantitative estimate of drug-likeness (QED) is 0.725. The molecule has 0 spiro atoms. The molecular weight excluding hydrogens is 416 g/mol. The van der Waals surface area contributed by atoms with Gasteiger partial charge in [0, 0.05) is 24.3 Å². The van der Waals surface area contributed by atoms with Crippen LogP contribution in [0.4, 0.5) is 5.69 Å². The number of hydrogen-bond donors (Lipinski definition) is 0. The highest BCUT2D eigenvalue weighted by Crippen LogP contribution is 2.37. The van der Waals surface area contributed by atoms with Crippen molar-refractivity contribution >= 4 is 27.5 Å². The number of hydrogen-bond acceptors (Lipinski definition) is 5. The van der Waals surface area contributed by atoms with Crippen molar-refractivity contribution in [3.63, 3.8) is 0 Å². The average Bonchev–Trinajstić information content (AvgIpc) is 2.96. The highest BCUT2D eigenvalue weighted by molar-refractivity contribution is 7.90. The van der Waals surface area contributed by atoms with E-state index in [1.165, 1.54) is 18.2 Å². The molecule has 2 aromatic carbocycles. The van der Waals surface area contributed by atoms with Crippen LogP contribution in [-0.2, 0) is 16.4 Å². The average molecular weight is 443 g/mol. The molecule has 0 N–H and O–H groups in total. The number of methoxy groups -OCH3 is 1. The molecule has 0 radical (unpaired) electrons. The molecule has 0 bridgehead atoms. The number of sulfonamides is 1. The van der Waals surface area contributed by atoms with Gasteiger partial charge in [0.1, 0.15) is 10.6 Å². The molecule has 8 heteroatoms. The van der Waals surface area contributed by atoms with Gasteiger partial charge in [-0.1, -0.05) is 13.8 Å². The molecule has 4 rings (SSSR count). The Kier molecular flexibility index (Phi) is 5.29. The summed E-state index contributed by atoms with van der Waals surface area (Å²) in [6.45, 7) is 6.46. The van der Waals surface area contributed by atoms with E-state index in [0.29, 0.717) is 12.5 Å². The van der Waals surface area contributed by atoms with E-state index in [1.54, 1.807) is 18.9 Å². The SMILES string of the molecule is CCN1C(=O)c2ccc(C(=O)N3CC(C(C)C)Cc4cc(OC)ccc43)cc2S1(=O)=O. The molecule has 7 nitrogen and oxygen atoms in total. The molecule has 31 heavy (non-hydrogen) atoms. The van der Waals surface area contributed by atoms with E-state index >= 15 is 0 Å². The van der Waals surface area contributed by atoms with E-state index in [0.717, 1.165) is 27.7 Å². The summed E-state index contributed by atoms with van der Waals surface area (Å²) in [4.78, 5) is 27.6. The predicted octanol–water partition coefficient (Wildman–Crippen LogP) is 3.33. The third-order valence-corrected chi connectivity index (χ3v) is 8.10. The highest BCUT2D eigenvalue weighted by atomic mass is 32.2. The van der Waals surface area contributed by atoms with E-state index in [-0.39, 0.29) is 34.4 Å². The van der Waals surface area contributed by atoms with Gasteiger partial charge in [-0.3, -0.25) is 9.59 Å². The number of ether oxygens (including phenoxy) is 1. The van der Waals surface area contributed by atoms with Crippen LogP contribution in [0.5, 0.6) is 5.75 Å². The van der Waals surface area contributed by atoms with Crippen molar-refractivity contribution in [3.8, 4) is 5.75 Å². The van der Waals surface area contributed by atoms with Crippen molar-refractivity contribution in [1.29, 1.82) is 0 Å². The molecule has 2 amide bonds. The van der Waals surface area contributed by atoms with Crippen LogP contribution < -0.4 is 9.64 Å². The van der Waals surface area contributed by atoms with Crippen molar-refractivity contribution in [2.24, 2.45) is 11.8 Å². The van der Waals surface area contributed by atoms with Gasteiger partial charge in [0.05, 0.1) is 12.7 Å². The lowest BCUT2D eigenvalue weighted by Crippen LogP contribution is -2.41. The molecule has 1 atom stereocenters. The van der Waals surface area contributed by atoms with Crippen LogP contribution in [0.2, 0.25) is 0 Å². The van der Waals surface area contributed by atoms with Crippen molar-refractivity contribution in [2.45, 2.75) is 32.1 Å². The molecule has 2 aliphatic heterocycles. The topological polar surface area (TPSA) is 84.0 Å². The normalized spacial score (nSPS) is 19.4. The number of anilines is 1. The first-order valence-electron chi connectivity index (χ1n) is 10.4. The maximum absolute atomic E-state index is 13.5. The Morgan fingerprint density at radius 3 is 2.58 bits per heavy atom. The standard InChI is InChI=1S/C23H26N2O5S/c1-5-25-23(27)19-8-6-15(12-21(19)31(25,28)29)22(26)24-13-17(14(2)3)10-16-11-18(30-4)7-9-20(16)24/h6-9,11-12,14,17H,5,10,13H2,1-4H3. The Balaban J connectivity index is 1.76. The van der Waals surface area contributed by atoms with Crippen LogP contribution in [0.3, 0.4) is 0 Å². The zero-order valence-electron chi connectivity index (χ0n) is 18.1. The second kappa shape index (κ2) is 7.67. The Bertz CT molecular complexity index is 1170. The molecule has 0 aromatic heterocycles. The van der Waals surface area contributed by atoms with Crippen molar-refractivity contribution in [3.05, 3.63) is 53.1 Å². The monoisotopic (exact) mass is 442 g/mol. The van der Waals surface area contributed by atoms with E-state index in [9.17, 15) is 18.0 Å². The second-order valence-electron chi connectivity index (χ2n) is 8.30. The molecule has 2 aromatic rings.